The Morgan fingerprint density at radius 1 is 0.864 bits per heavy atom. The van der Waals surface area contributed by atoms with Crippen molar-refractivity contribution in [2.24, 2.45) is 5.41 Å². The number of hydrogen-bond acceptors (Lipinski definition) is 5. The van der Waals surface area contributed by atoms with Gasteiger partial charge < -0.3 is 19.7 Å². The van der Waals surface area contributed by atoms with Gasteiger partial charge >= 0.3 is 5.97 Å². The number of ether oxygens (including phenoxy) is 2. The molecule has 0 saturated carbocycles. The minimum Gasteiger partial charge on any atom is -0.504 e. The summed E-state index contributed by atoms with van der Waals surface area (Å²) >= 11 is 0. The molecule has 0 aliphatic rings. The van der Waals surface area contributed by atoms with E-state index in [0.717, 1.165) is 0 Å². The normalized spacial score (nSPS) is 11.0. The maximum atomic E-state index is 11.8. The zero-order valence-corrected chi connectivity index (χ0v) is 12.7. The molecular formula is C17H18O5. The second-order valence-corrected chi connectivity index (χ2v) is 5.86. The highest BCUT2D eigenvalue weighted by Gasteiger charge is 2.23. The van der Waals surface area contributed by atoms with Crippen LogP contribution in [-0.2, 0) is 4.79 Å². The lowest BCUT2D eigenvalue weighted by atomic mass is 9.97. The summed E-state index contributed by atoms with van der Waals surface area (Å²) < 4.78 is 10.8. The number of aromatic hydroxyl groups is 2. The van der Waals surface area contributed by atoms with Gasteiger partial charge in [0.1, 0.15) is 17.2 Å². The number of benzene rings is 2. The molecule has 2 aromatic carbocycles. The summed E-state index contributed by atoms with van der Waals surface area (Å²) in [5, 5.41) is 18.7. The number of phenolic OH excluding ortho intramolecular Hbond substituents is 2. The Labute approximate surface area is 128 Å². The van der Waals surface area contributed by atoms with Gasteiger partial charge in [0.25, 0.3) is 0 Å². The molecule has 0 aliphatic heterocycles. The Bertz CT molecular complexity index is 668. The highest BCUT2D eigenvalue weighted by Crippen LogP contribution is 2.32. The molecule has 0 aliphatic carbocycles. The van der Waals surface area contributed by atoms with Crippen molar-refractivity contribution in [3.63, 3.8) is 0 Å². The van der Waals surface area contributed by atoms with Gasteiger partial charge in [0.2, 0.25) is 0 Å². The molecule has 0 fully saturated rings. The van der Waals surface area contributed by atoms with Gasteiger partial charge in [-0.3, -0.25) is 4.79 Å². The molecule has 0 radical (unpaired) electrons. The van der Waals surface area contributed by atoms with E-state index in [9.17, 15) is 15.0 Å². The predicted molar refractivity (Wildman–Crippen MR) is 81.4 cm³/mol. The topological polar surface area (TPSA) is 76.0 Å². The summed E-state index contributed by atoms with van der Waals surface area (Å²) in [5.74, 6) is 0.547. The molecule has 0 bridgehead atoms. The van der Waals surface area contributed by atoms with Crippen LogP contribution >= 0.6 is 0 Å². The lowest BCUT2D eigenvalue weighted by Crippen LogP contribution is -2.25. The second kappa shape index (κ2) is 5.97. The van der Waals surface area contributed by atoms with Crippen LogP contribution in [0, 0.1) is 5.41 Å². The first-order chi connectivity index (χ1) is 10.3. The number of carbonyl (C=O) groups excluding carboxylic acids is 1. The van der Waals surface area contributed by atoms with E-state index < -0.39 is 5.41 Å². The van der Waals surface area contributed by atoms with E-state index in [1.54, 1.807) is 45.0 Å². The van der Waals surface area contributed by atoms with Crippen molar-refractivity contribution in [2.75, 3.05) is 0 Å². The van der Waals surface area contributed by atoms with Crippen molar-refractivity contribution in [1.29, 1.82) is 0 Å². The fourth-order valence-corrected chi connectivity index (χ4v) is 1.54. The van der Waals surface area contributed by atoms with Crippen LogP contribution in [0.15, 0.2) is 42.5 Å². The second-order valence-electron chi connectivity index (χ2n) is 5.86. The first-order valence-corrected chi connectivity index (χ1v) is 6.78. The van der Waals surface area contributed by atoms with Gasteiger partial charge in [-0.15, -0.1) is 0 Å². The quantitative estimate of drug-likeness (QED) is 0.512. The SMILES string of the molecule is CC(C)(C)C(=O)Oc1ccc(Oc2ccc(O)c(O)c2)cc1. The van der Waals surface area contributed by atoms with E-state index in [1.807, 2.05) is 0 Å². The highest BCUT2D eigenvalue weighted by atomic mass is 16.5. The molecule has 5 heteroatoms. The molecule has 22 heavy (non-hydrogen) atoms. The van der Waals surface area contributed by atoms with Gasteiger partial charge in [0.15, 0.2) is 11.5 Å². The van der Waals surface area contributed by atoms with Crippen molar-refractivity contribution < 1.29 is 24.5 Å². The van der Waals surface area contributed by atoms with E-state index in [2.05, 4.69) is 0 Å². The molecule has 0 amide bonds. The summed E-state index contributed by atoms with van der Waals surface area (Å²) in [6, 6.07) is 10.7. The molecule has 0 aromatic heterocycles. The number of hydrogen-bond donors (Lipinski definition) is 2. The Kier molecular flexibility index (Phi) is 4.26. The summed E-state index contributed by atoms with van der Waals surface area (Å²) in [5.41, 5.74) is -0.571. The monoisotopic (exact) mass is 302 g/mol. The first-order valence-electron chi connectivity index (χ1n) is 6.78. The third-order valence-corrected chi connectivity index (χ3v) is 2.83. The van der Waals surface area contributed by atoms with Crippen LogP contribution in [0.25, 0.3) is 0 Å². The maximum Gasteiger partial charge on any atom is 0.316 e. The van der Waals surface area contributed by atoms with Crippen LogP contribution < -0.4 is 9.47 Å². The van der Waals surface area contributed by atoms with E-state index in [1.165, 1.54) is 18.2 Å². The fourth-order valence-electron chi connectivity index (χ4n) is 1.54. The van der Waals surface area contributed by atoms with E-state index >= 15 is 0 Å². The molecular weight excluding hydrogens is 284 g/mol. The van der Waals surface area contributed by atoms with Gasteiger partial charge in [0.05, 0.1) is 5.41 Å². The van der Waals surface area contributed by atoms with Gasteiger partial charge in [-0.05, 0) is 57.2 Å². The Balaban J connectivity index is 2.06. The number of carbonyl (C=O) groups is 1. The summed E-state index contributed by atoms with van der Waals surface area (Å²) in [6.07, 6.45) is 0. The molecule has 0 spiro atoms. The van der Waals surface area contributed by atoms with Crippen LogP contribution in [0.2, 0.25) is 0 Å². The highest BCUT2D eigenvalue weighted by molar-refractivity contribution is 5.77. The Morgan fingerprint density at radius 2 is 1.41 bits per heavy atom. The molecule has 2 N–H and O–H groups in total. The zero-order chi connectivity index (χ0) is 16.3. The van der Waals surface area contributed by atoms with Crippen molar-refractivity contribution in [2.45, 2.75) is 20.8 Å². The molecule has 116 valence electrons. The number of esters is 1. The maximum absolute atomic E-state index is 11.8. The van der Waals surface area contributed by atoms with Gasteiger partial charge in [-0.2, -0.15) is 0 Å². The van der Waals surface area contributed by atoms with Gasteiger partial charge in [-0.1, -0.05) is 0 Å². The Morgan fingerprint density at radius 3 is 1.95 bits per heavy atom. The van der Waals surface area contributed by atoms with E-state index in [-0.39, 0.29) is 17.5 Å². The average molecular weight is 302 g/mol. The first kappa shape index (κ1) is 15.7. The molecule has 0 atom stereocenters. The summed E-state index contributed by atoms with van der Waals surface area (Å²) in [4.78, 5) is 11.8. The lowest BCUT2D eigenvalue weighted by Gasteiger charge is -2.16. The lowest BCUT2D eigenvalue weighted by molar-refractivity contribution is -0.143. The number of rotatable bonds is 3. The largest absolute Gasteiger partial charge is 0.504 e. The third kappa shape index (κ3) is 3.91. The minimum atomic E-state index is -0.571. The van der Waals surface area contributed by atoms with E-state index in [4.69, 9.17) is 9.47 Å². The standard InChI is InChI=1S/C17H18O5/c1-17(2,3)16(20)22-12-6-4-11(5-7-12)21-13-8-9-14(18)15(19)10-13/h4-10,18-19H,1-3H3. The van der Waals surface area contributed by atoms with E-state index in [0.29, 0.717) is 17.2 Å². The van der Waals surface area contributed by atoms with Crippen molar-refractivity contribution in [3.8, 4) is 28.7 Å². The average Bonchev–Trinajstić information content (AvgIpc) is 2.44. The van der Waals surface area contributed by atoms with Crippen LogP contribution in [0.5, 0.6) is 28.7 Å². The molecule has 2 rings (SSSR count). The van der Waals surface area contributed by atoms with Crippen LogP contribution in [0.4, 0.5) is 0 Å². The predicted octanol–water partition coefficient (Wildman–Crippen LogP) is 3.84. The molecule has 0 saturated heterocycles. The van der Waals surface area contributed by atoms with Gasteiger partial charge in [-0.25, -0.2) is 0 Å². The van der Waals surface area contributed by atoms with Crippen LogP contribution in [-0.4, -0.2) is 16.2 Å². The van der Waals surface area contributed by atoms with Crippen molar-refractivity contribution in [3.05, 3.63) is 42.5 Å². The number of phenols is 2. The summed E-state index contributed by atoms with van der Waals surface area (Å²) in [6.45, 7) is 5.35. The minimum absolute atomic E-state index is 0.211. The van der Waals surface area contributed by atoms with Crippen LogP contribution in [0.3, 0.4) is 0 Å². The van der Waals surface area contributed by atoms with Gasteiger partial charge in [0, 0.05) is 6.07 Å². The van der Waals surface area contributed by atoms with Crippen LogP contribution in [0.1, 0.15) is 20.8 Å². The van der Waals surface area contributed by atoms with Crippen molar-refractivity contribution >= 4 is 5.97 Å². The molecule has 5 nitrogen and oxygen atoms in total. The zero-order valence-electron chi connectivity index (χ0n) is 12.7. The molecule has 2 aromatic rings. The smallest absolute Gasteiger partial charge is 0.316 e. The molecule has 0 heterocycles. The Hall–Kier alpha value is -2.69. The summed E-state index contributed by atoms with van der Waals surface area (Å²) in [7, 11) is 0. The van der Waals surface area contributed by atoms with Crippen molar-refractivity contribution in [1.82, 2.24) is 0 Å². The molecule has 0 unspecified atom stereocenters. The fraction of sp³-hybridized carbons (Fsp3) is 0.235. The third-order valence-electron chi connectivity index (χ3n) is 2.83.